The number of rotatable bonds is 5. The van der Waals surface area contributed by atoms with Crippen molar-refractivity contribution in [2.45, 2.75) is 6.92 Å². The number of hydrogen-bond acceptors (Lipinski definition) is 7. The van der Waals surface area contributed by atoms with Crippen LogP contribution >= 0.6 is 22.7 Å². The van der Waals surface area contributed by atoms with Gasteiger partial charge < -0.3 is 14.9 Å². The monoisotopic (exact) mass is 480 g/mol. The van der Waals surface area contributed by atoms with Gasteiger partial charge >= 0.3 is 0 Å². The van der Waals surface area contributed by atoms with Crippen molar-refractivity contribution in [2.24, 2.45) is 0 Å². The van der Waals surface area contributed by atoms with Crippen LogP contribution in [0.3, 0.4) is 0 Å². The highest BCUT2D eigenvalue weighted by molar-refractivity contribution is 7.20. The number of halogens is 1. The van der Waals surface area contributed by atoms with Gasteiger partial charge in [0.2, 0.25) is 11.7 Å². The second-order valence-corrected chi connectivity index (χ2v) is 9.60. The fourth-order valence-electron chi connectivity index (χ4n) is 3.63. The molecule has 33 heavy (non-hydrogen) atoms. The number of aromatic hydroxyl groups is 2. The third-order valence-corrected chi connectivity index (χ3v) is 7.21. The Morgan fingerprint density at radius 1 is 1.06 bits per heavy atom. The lowest BCUT2D eigenvalue weighted by Gasteiger charge is -2.09. The first-order chi connectivity index (χ1) is 15.9. The van der Waals surface area contributed by atoms with Crippen molar-refractivity contribution in [3.05, 3.63) is 75.7 Å². The fraction of sp³-hybridized carbons (Fsp3) is 0.0833. The van der Waals surface area contributed by atoms with Gasteiger partial charge in [0.25, 0.3) is 0 Å². The molecule has 0 spiro atoms. The molecule has 0 atom stereocenters. The smallest absolute Gasteiger partial charge is 0.242 e. The number of thiophene rings is 1. The Morgan fingerprint density at radius 2 is 1.82 bits per heavy atom. The van der Waals surface area contributed by atoms with E-state index in [4.69, 9.17) is 4.74 Å². The molecular weight excluding hydrogens is 463 g/mol. The van der Waals surface area contributed by atoms with Gasteiger partial charge in [0.05, 0.1) is 33.5 Å². The molecule has 0 saturated carbocycles. The molecule has 2 N–H and O–H groups in total. The Balaban J connectivity index is 1.79. The normalized spacial score (nSPS) is 11.2. The minimum Gasteiger partial charge on any atom is -0.503 e. The minimum absolute atomic E-state index is 0.0715. The van der Waals surface area contributed by atoms with E-state index in [1.165, 1.54) is 51.5 Å². The summed E-state index contributed by atoms with van der Waals surface area (Å²) < 4.78 is 21.1. The minimum atomic E-state index is -0.554. The number of carbonyl (C=O) groups is 1. The average molecular weight is 481 g/mol. The van der Waals surface area contributed by atoms with Gasteiger partial charge in [0.1, 0.15) is 11.6 Å². The lowest BCUT2D eigenvalue weighted by Crippen LogP contribution is -2.03. The second-order valence-electron chi connectivity index (χ2n) is 7.31. The molecule has 6 nitrogen and oxygen atoms in total. The van der Waals surface area contributed by atoms with Crippen molar-refractivity contribution in [3.8, 4) is 33.8 Å². The summed E-state index contributed by atoms with van der Waals surface area (Å²) in [6.07, 6.45) is 0. The summed E-state index contributed by atoms with van der Waals surface area (Å²) in [6.45, 7) is 1.88. The molecule has 0 aliphatic heterocycles. The molecule has 0 aliphatic carbocycles. The molecule has 0 aliphatic rings. The van der Waals surface area contributed by atoms with E-state index in [0.29, 0.717) is 26.8 Å². The van der Waals surface area contributed by atoms with Gasteiger partial charge in [-0.05, 0) is 67.1 Å². The molecule has 0 amide bonds. The van der Waals surface area contributed by atoms with E-state index < -0.39 is 23.2 Å². The van der Waals surface area contributed by atoms with Crippen molar-refractivity contribution in [1.29, 1.82) is 0 Å². The predicted molar refractivity (Wildman–Crippen MR) is 127 cm³/mol. The predicted octanol–water partition coefficient (Wildman–Crippen LogP) is 5.91. The Morgan fingerprint density at radius 3 is 2.48 bits per heavy atom. The number of thiazole rings is 1. The van der Waals surface area contributed by atoms with Crippen LogP contribution in [-0.4, -0.2) is 32.7 Å². The summed E-state index contributed by atoms with van der Waals surface area (Å²) in [4.78, 5) is 19.3. The number of methoxy groups -OCH3 is 1. The number of ketones is 1. The van der Waals surface area contributed by atoms with Crippen LogP contribution in [0.4, 0.5) is 4.39 Å². The zero-order chi connectivity index (χ0) is 23.3. The Hall–Kier alpha value is -3.69. The number of fused-ring (bicyclic) bond motifs is 1. The largest absolute Gasteiger partial charge is 0.503 e. The molecule has 5 rings (SSSR count). The van der Waals surface area contributed by atoms with Crippen molar-refractivity contribution in [1.82, 2.24) is 9.55 Å². The molecule has 0 bridgehead atoms. The highest BCUT2D eigenvalue weighted by Crippen LogP contribution is 2.45. The van der Waals surface area contributed by atoms with Gasteiger partial charge in [0.15, 0.2) is 10.9 Å². The highest BCUT2D eigenvalue weighted by Gasteiger charge is 2.31. The lowest BCUT2D eigenvalue weighted by molar-refractivity contribution is 0.104. The summed E-state index contributed by atoms with van der Waals surface area (Å²) in [6, 6.07) is 14.4. The first kappa shape index (κ1) is 21.2. The molecule has 0 fully saturated rings. The molecule has 0 radical (unpaired) electrons. The van der Waals surface area contributed by atoms with Crippen LogP contribution in [0.5, 0.6) is 17.4 Å². The average Bonchev–Trinajstić information content (AvgIpc) is 3.49. The molecular formula is C24H17FN2O4S2. The fourth-order valence-corrected chi connectivity index (χ4v) is 5.44. The zero-order valence-corrected chi connectivity index (χ0v) is 19.1. The molecule has 5 aromatic rings. The van der Waals surface area contributed by atoms with Crippen LogP contribution in [0.15, 0.2) is 54.6 Å². The van der Waals surface area contributed by atoms with Gasteiger partial charge in [0, 0.05) is 4.88 Å². The van der Waals surface area contributed by atoms with E-state index in [-0.39, 0.29) is 11.3 Å². The van der Waals surface area contributed by atoms with Gasteiger partial charge in [-0.25, -0.2) is 9.37 Å². The van der Waals surface area contributed by atoms with E-state index in [1.807, 2.05) is 19.1 Å². The van der Waals surface area contributed by atoms with Crippen molar-refractivity contribution in [3.63, 3.8) is 0 Å². The van der Waals surface area contributed by atoms with Crippen molar-refractivity contribution >= 4 is 38.7 Å². The molecule has 3 aromatic heterocycles. The lowest BCUT2D eigenvalue weighted by atomic mass is 10.0. The van der Waals surface area contributed by atoms with Crippen LogP contribution in [0.25, 0.3) is 26.6 Å². The quantitative estimate of drug-likeness (QED) is 0.305. The van der Waals surface area contributed by atoms with Gasteiger partial charge in [-0.15, -0.1) is 11.3 Å². The highest BCUT2D eigenvalue weighted by atomic mass is 32.1. The number of aromatic nitrogens is 2. The zero-order valence-electron chi connectivity index (χ0n) is 17.5. The maximum Gasteiger partial charge on any atom is 0.242 e. The maximum atomic E-state index is 13.7. The van der Waals surface area contributed by atoms with E-state index in [9.17, 15) is 19.4 Å². The number of ether oxygens (including phenoxy) is 1. The number of carbonyl (C=O) groups excluding carboxylic acids is 1. The third kappa shape index (κ3) is 3.55. The Labute approximate surface area is 195 Å². The standard InChI is InChI=1S/C24H17FN2O4S2/c1-12-3-10-17(32-12)21(28)19-20(13-4-6-14(25)7-5-13)27(23(30)22(19)29)24-26-16-9-8-15(31-2)11-18(16)33-24/h3-11,29-30H,1-2H3. The number of hydrogen-bond donors (Lipinski definition) is 2. The van der Waals surface area contributed by atoms with Crippen molar-refractivity contribution in [2.75, 3.05) is 7.11 Å². The second kappa shape index (κ2) is 8.02. The molecule has 3 heterocycles. The maximum absolute atomic E-state index is 13.7. The molecule has 166 valence electrons. The molecule has 9 heteroatoms. The van der Waals surface area contributed by atoms with Crippen molar-refractivity contribution < 1.29 is 24.1 Å². The number of benzene rings is 2. The topological polar surface area (TPSA) is 84.6 Å². The van der Waals surface area contributed by atoms with Crippen LogP contribution in [-0.2, 0) is 0 Å². The van der Waals surface area contributed by atoms with Gasteiger partial charge in [-0.1, -0.05) is 11.3 Å². The van der Waals surface area contributed by atoms with Crippen LogP contribution < -0.4 is 4.74 Å². The van der Waals surface area contributed by atoms with E-state index >= 15 is 0 Å². The van der Waals surface area contributed by atoms with Gasteiger partial charge in [-0.3, -0.25) is 9.36 Å². The van der Waals surface area contributed by atoms with Crippen LogP contribution in [0, 0.1) is 12.7 Å². The number of nitrogens with zero attached hydrogens (tertiary/aromatic N) is 2. The summed E-state index contributed by atoms with van der Waals surface area (Å²) in [5, 5.41) is 22.1. The summed E-state index contributed by atoms with van der Waals surface area (Å²) >= 11 is 2.54. The van der Waals surface area contributed by atoms with E-state index in [0.717, 1.165) is 9.58 Å². The summed E-state index contributed by atoms with van der Waals surface area (Å²) in [5.74, 6) is -1.31. The Kier molecular flexibility index (Phi) is 5.15. The first-order valence-corrected chi connectivity index (χ1v) is 11.5. The molecule has 0 unspecified atom stereocenters. The molecule has 2 aromatic carbocycles. The third-order valence-electron chi connectivity index (χ3n) is 5.21. The Bertz CT molecular complexity index is 1520. The first-order valence-electron chi connectivity index (χ1n) is 9.86. The van der Waals surface area contributed by atoms with Gasteiger partial charge in [-0.2, -0.15) is 0 Å². The van der Waals surface area contributed by atoms with Crippen LogP contribution in [0.2, 0.25) is 0 Å². The SMILES string of the molecule is COc1ccc2nc(-n3c(O)c(O)c(C(=O)c4ccc(C)s4)c3-c3ccc(F)cc3)sc2c1. The number of aryl methyl sites for hydroxylation is 1. The molecule has 0 saturated heterocycles. The van der Waals surface area contributed by atoms with Crippen LogP contribution in [0.1, 0.15) is 20.1 Å². The summed E-state index contributed by atoms with van der Waals surface area (Å²) in [5.41, 5.74) is 1.26. The summed E-state index contributed by atoms with van der Waals surface area (Å²) in [7, 11) is 1.57. The van der Waals surface area contributed by atoms with E-state index in [1.54, 1.807) is 25.3 Å². The van der Waals surface area contributed by atoms with E-state index in [2.05, 4.69) is 4.98 Å².